The third-order valence-electron chi connectivity index (χ3n) is 7.28. The molecule has 3 aromatic carbocycles. The van der Waals surface area contributed by atoms with Crippen LogP contribution in [-0.4, -0.2) is 49.2 Å². The van der Waals surface area contributed by atoms with Gasteiger partial charge in [0.15, 0.2) is 0 Å². The molecule has 0 saturated carbocycles. The number of benzene rings is 3. The zero-order valence-electron chi connectivity index (χ0n) is 20.7. The first kappa shape index (κ1) is 22.9. The molecule has 0 unspecified atom stereocenters. The first-order chi connectivity index (χ1) is 17.0. The molecular formula is C30H30N4O. The lowest BCUT2D eigenvalue weighted by Crippen LogP contribution is -2.55. The second-order valence-corrected chi connectivity index (χ2v) is 9.41. The number of anilines is 1. The molecule has 0 N–H and O–H groups in total. The first-order valence-electron chi connectivity index (χ1n) is 12.0. The van der Waals surface area contributed by atoms with Crippen molar-refractivity contribution in [2.75, 3.05) is 32.1 Å². The predicted octanol–water partition coefficient (Wildman–Crippen LogP) is 5.98. The van der Waals surface area contributed by atoms with Crippen LogP contribution in [0.5, 0.6) is 5.75 Å². The highest BCUT2D eigenvalue weighted by atomic mass is 16.5. The van der Waals surface area contributed by atoms with E-state index in [1.165, 1.54) is 5.69 Å². The van der Waals surface area contributed by atoms with Gasteiger partial charge in [-0.25, -0.2) is 0 Å². The second-order valence-electron chi connectivity index (χ2n) is 9.41. The summed E-state index contributed by atoms with van der Waals surface area (Å²) in [7, 11) is 3.93. The Bertz CT molecular complexity index is 1380. The smallest absolute Gasteiger partial charge is 0.137 e. The molecular weight excluding hydrogens is 432 g/mol. The number of ether oxygens (including phenoxy) is 1. The zero-order valence-corrected chi connectivity index (χ0v) is 20.7. The number of nitrogens with zero attached hydrogens (tertiary/aromatic N) is 4. The van der Waals surface area contributed by atoms with E-state index in [9.17, 15) is 0 Å². The Kier molecular flexibility index (Phi) is 6.15. The Morgan fingerprint density at radius 3 is 2.14 bits per heavy atom. The van der Waals surface area contributed by atoms with Crippen LogP contribution < -0.4 is 9.64 Å². The van der Waals surface area contributed by atoms with E-state index in [-0.39, 0.29) is 0 Å². The Morgan fingerprint density at radius 1 is 0.886 bits per heavy atom. The third kappa shape index (κ3) is 4.22. The molecule has 5 nitrogen and oxygen atoms in total. The van der Waals surface area contributed by atoms with Gasteiger partial charge in [0, 0.05) is 53.6 Å². The molecule has 176 valence electrons. The topological polar surface area (TPSA) is 52.4 Å². The highest BCUT2D eigenvalue weighted by Gasteiger charge is 2.26. The van der Waals surface area contributed by atoms with Crippen LogP contribution in [0.3, 0.4) is 0 Å². The Hall–Kier alpha value is -3.88. The van der Waals surface area contributed by atoms with E-state index in [4.69, 9.17) is 15.0 Å². The number of piperazine rings is 1. The van der Waals surface area contributed by atoms with Gasteiger partial charge in [-0.1, -0.05) is 36.4 Å². The fraction of sp³-hybridized carbons (Fsp3) is 0.267. The highest BCUT2D eigenvalue weighted by Crippen LogP contribution is 2.39. The molecule has 5 rings (SSSR count). The van der Waals surface area contributed by atoms with Gasteiger partial charge in [0.25, 0.3) is 0 Å². The van der Waals surface area contributed by atoms with Crippen molar-refractivity contribution in [1.29, 1.82) is 5.26 Å². The van der Waals surface area contributed by atoms with Gasteiger partial charge in [0.2, 0.25) is 0 Å². The summed E-state index contributed by atoms with van der Waals surface area (Å²) in [6.07, 6.45) is 1.91. The lowest BCUT2D eigenvalue weighted by molar-refractivity contribution is 0.170. The SMILES string of the molecule is COc1c(-c2ccc(N3C[C@@H](C)N(C)[C@@H](C)C3)cc2)cnc2c(-c3ccc(C#N)cc3)cccc12. The molecule has 1 saturated heterocycles. The number of pyridine rings is 1. The first-order valence-corrected chi connectivity index (χ1v) is 12.0. The molecule has 0 aliphatic carbocycles. The van der Waals surface area contributed by atoms with Crippen LogP contribution in [0.2, 0.25) is 0 Å². The lowest BCUT2D eigenvalue weighted by atomic mass is 9.98. The molecule has 0 spiro atoms. The molecule has 1 aliphatic rings. The Balaban J connectivity index is 1.51. The quantitative estimate of drug-likeness (QED) is 0.374. The van der Waals surface area contributed by atoms with Crippen LogP contribution in [-0.2, 0) is 0 Å². The molecule has 0 amide bonds. The van der Waals surface area contributed by atoms with E-state index >= 15 is 0 Å². The molecule has 1 fully saturated rings. The van der Waals surface area contributed by atoms with Crippen molar-refractivity contribution >= 4 is 16.6 Å². The van der Waals surface area contributed by atoms with E-state index in [1.807, 2.05) is 36.5 Å². The van der Waals surface area contributed by atoms with Crippen LogP contribution in [0.4, 0.5) is 5.69 Å². The van der Waals surface area contributed by atoms with E-state index in [1.54, 1.807) is 7.11 Å². The number of para-hydroxylation sites is 1. The maximum absolute atomic E-state index is 9.12. The van der Waals surface area contributed by atoms with Crippen molar-refractivity contribution in [3.8, 4) is 34.1 Å². The molecule has 2 atom stereocenters. The molecule has 35 heavy (non-hydrogen) atoms. The minimum atomic E-state index is 0.522. The minimum absolute atomic E-state index is 0.522. The van der Waals surface area contributed by atoms with Crippen LogP contribution in [0, 0.1) is 11.3 Å². The summed E-state index contributed by atoms with van der Waals surface area (Å²) in [4.78, 5) is 9.78. The molecule has 0 bridgehead atoms. The van der Waals surface area contributed by atoms with Crippen LogP contribution in [0.25, 0.3) is 33.2 Å². The molecule has 0 radical (unpaired) electrons. The predicted molar refractivity (Wildman–Crippen MR) is 143 cm³/mol. The summed E-state index contributed by atoms with van der Waals surface area (Å²) < 4.78 is 5.93. The van der Waals surface area contributed by atoms with Crippen LogP contribution in [0.1, 0.15) is 19.4 Å². The number of methoxy groups -OCH3 is 1. The second kappa shape index (κ2) is 9.40. The summed E-state index contributed by atoms with van der Waals surface area (Å²) >= 11 is 0. The molecule has 1 aliphatic heterocycles. The number of rotatable bonds is 4. The van der Waals surface area contributed by atoms with Crippen LogP contribution >= 0.6 is 0 Å². The maximum atomic E-state index is 9.12. The lowest BCUT2D eigenvalue weighted by Gasteiger charge is -2.43. The van der Waals surface area contributed by atoms with Gasteiger partial charge < -0.3 is 9.64 Å². The van der Waals surface area contributed by atoms with Crippen LogP contribution in [0.15, 0.2) is 72.9 Å². The van der Waals surface area contributed by atoms with E-state index in [0.717, 1.165) is 52.0 Å². The summed E-state index contributed by atoms with van der Waals surface area (Å²) in [6.45, 7) is 6.63. The van der Waals surface area contributed by atoms with Gasteiger partial charge in [-0.05, 0) is 62.4 Å². The largest absolute Gasteiger partial charge is 0.495 e. The Morgan fingerprint density at radius 2 is 1.51 bits per heavy atom. The number of likely N-dealkylation sites (N-methyl/N-ethyl adjacent to an activating group) is 1. The van der Waals surface area contributed by atoms with Crippen molar-refractivity contribution in [2.45, 2.75) is 25.9 Å². The van der Waals surface area contributed by atoms with E-state index in [2.05, 4.69) is 73.2 Å². The molecule has 5 heteroatoms. The average molecular weight is 463 g/mol. The highest BCUT2D eigenvalue weighted by molar-refractivity contribution is 6.00. The van der Waals surface area contributed by atoms with Gasteiger partial charge in [-0.15, -0.1) is 0 Å². The van der Waals surface area contributed by atoms with Crippen molar-refractivity contribution in [1.82, 2.24) is 9.88 Å². The average Bonchev–Trinajstić information content (AvgIpc) is 2.90. The van der Waals surface area contributed by atoms with Crippen molar-refractivity contribution in [3.05, 3.63) is 78.5 Å². The van der Waals surface area contributed by atoms with Gasteiger partial charge >= 0.3 is 0 Å². The summed E-state index contributed by atoms with van der Waals surface area (Å²) in [5.74, 6) is 0.820. The number of nitriles is 1. The number of fused-ring (bicyclic) bond motifs is 1. The van der Waals surface area contributed by atoms with E-state index in [0.29, 0.717) is 17.6 Å². The zero-order chi connectivity index (χ0) is 24.5. The standard InChI is InChI=1S/C30H30N4O/c1-20-18-34(19-21(2)33(20)3)25-14-12-24(13-15-25)28-17-32-29-26(6-5-7-27(29)30(28)35-4)23-10-8-22(16-31)9-11-23/h5-15,17,20-21H,18-19H2,1-4H3/t20-,21+. The van der Waals surface area contributed by atoms with Gasteiger partial charge in [-0.3, -0.25) is 9.88 Å². The van der Waals surface area contributed by atoms with Crippen molar-refractivity contribution < 1.29 is 4.74 Å². The van der Waals surface area contributed by atoms with Crippen molar-refractivity contribution in [3.63, 3.8) is 0 Å². The minimum Gasteiger partial charge on any atom is -0.495 e. The van der Waals surface area contributed by atoms with Gasteiger partial charge in [0.05, 0.1) is 24.3 Å². The molecule has 1 aromatic heterocycles. The summed E-state index contributed by atoms with van der Waals surface area (Å²) in [5, 5.41) is 10.1. The number of hydrogen-bond donors (Lipinski definition) is 0. The maximum Gasteiger partial charge on any atom is 0.137 e. The van der Waals surface area contributed by atoms with E-state index < -0.39 is 0 Å². The van der Waals surface area contributed by atoms with Crippen molar-refractivity contribution in [2.24, 2.45) is 0 Å². The third-order valence-corrected chi connectivity index (χ3v) is 7.28. The Labute approximate surface area is 207 Å². The monoisotopic (exact) mass is 462 g/mol. The molecule has 4 aromatic rings. The molecule has 2 heterocycles. The summed E-state index contributed by atoms with van der Waals surface area (Å²) in [5.41, 5.74) is 6.88. The number of aromatic nitrogens is 1. The number of hydrogen-bond acceptors (Lipinski definition) is 5. The van der Waals surface area contributed by atoms with Gasteiger partial charge in [0.1, 0.15) is 5.75 Å². The normalized spacial score (nSPS) is 18.4. The summed E-state index contributed by atoms with van der Waals surface area (Å²) in [6, 6.07) is 25.7. The van der Waals surface area contributed by atoms with Gasteiger partial charge in [-0.2, -0.15) is 5.26 Å². The fourth-order valence-corrected chi connectivity index (χ4v) is 5.05. The fourth-order valence-electron chi connectivity index (χ4n) is 5.05.